The van der Waals surface area contributed by atoms with Gasteiger partial charge in [-0.1, -0.05) is 62.4 Å². The van der Waals surface area contributed by atoms with E-state index >= 15 is 0 Å². The second-order valence-electron chi connectivity index (χ2n) is 9.29. The Hall–Kier alpha value is -3.35. The zero-order chi connectivity index (χ0) is 22.9. The van der Waals surface area contributed by atoms with Crippen LogP contribution < -0.4 is 5.32 Å². The van der Waals surface area contributed by atoms with Gasteiger partial charge in [0, 0.05) is 19.0 Å². The maximum Gasteiger partial charge on any atom is 0.407 e. The molecule has 1 saturated heterocycles. The Morgan fingerprint density at radius 1 is 1.09 bits per heavy atom. The Labute approximate surface area is 187 Å². The van der Waals surface area contributed by atoms with E-state index < -0.39 is 24.5 Å². The van der Waals surface area contributed by atoms with Crippen molar-refractivity contribution < 1.29 is 24.2 Å². The molecule has 168 valence electrons. The predicted octanol–water partition coefficient (Wildman–Crippen LogP) is 3.63. The number of likely N-dealkylation sites (tertiary alicyclic amines) is 1. The number of nitrogens with one attached hydrogen (secondary N) is 1. The van der Waals surface area contributed by atoms with Crippen LogP contribution in [-0.4, -0.2) is 53.7 Å². The van der Waals surface area contributed by atoms with E-state index in [1.165, 1.54) is 0 Å². The van der Waals surface area contributed by atoms with Gasteiger partial charge in [-0.05, 0) is 34.1 Å². The summed E-state index contributed by atoms with van der Waals surface area (Å²) in [6.45, 7) is 5.31. The average Bonchev–Trinajstić information content (AvgIpc) is 3.28. The quantitative estimate of drug-likeness (QED) is 0.721. The number of alkyl carbamates (subject to hydrolysis) is 1. The molecule has 2 N–H and O–H groups in total. The summed E-state index contributed by atoms with van der Waals surface area (Å²) >= 11 is 0. The molecule has 2 aromatic rings. The lowest BCUT2D eigenvalue weighted by atomic mass is 9.93. The Balaban J connectivity index is 1.43. The van der Waals surface area contributed by atoms with Crippen LogP contribution in [0.3, 0.4) is 0 Å². The SMILES string of the molecule is CC1(C)CCN(C(=O)C(CC(=O)O)NC(=O)OCC2c3ccccc3-c3ccccc32)C1. The molecule has 2 aromatic carbocycles. The standard InChI is InChI=1S/C25H28N2O5/c1-25(2)11-12-27(15-25)23(30)21(13-22(28)29)26-24(31)32-14-20-18-9-5-3-7-16(18)17-8-4-6-10-19(17)20/h3-10,20-21H,11-15H2,1-2H3,(H,26,31)(H,28,29). The van der Waals surface area contributed by atoms with Crippen molar-refractivity contribution in [2.24, 2.45) is 5.41 Å². The monoisotopic (exact) mass is 436 g/mol. The minimum Gasteiger partial charge on any atom is -0.481 e. The van der Waals surface area contributed by atoms with Crippen molar-refractivity contribution in [2.75, 3.05) is 19.7 Å². The fraction of sp³-hybridized carbons (Fsp3) is 0.400. The van der Waals surface area contributed by atoms with Gasteiger partial charge in [0.1, 0.15) is 12.6 Å². The molecule has 7 heteroatoms. The van der Waals surface area contributed by atoms with Crippen molar-refractivity contribution in [3.05, 3.63) is 59.7 Å². The highest BCUT2D eigenvalue weighted by Gasteiger charge is 2.37. The molecule has 0 bridgehead atoms. The molecular weight excluding hydrogens is 408 g/mol. The van der Waals surface area contributed by atoms with Crippen LogP contribution in [-0.2, 0) is 14.3 Å². The van der Waals surface area contributed by atoms with Gasteiger partial charge in [0.2, 0.25) is 5.91 Å². The summed E-state index contributed by atoms with van der Waals surface area (Å²) in [6, 6.07) is 14.9. The molecule has 1 heterocycles. The zero-order valence-corrected chi connectivity index (χ0v) is 18.3. The van der Waals surface area contributed by atoms with E-state index in [1.54, 1.807) is 4.90 Å². The Bertz CT molecular complexity index is 1000. The fourth-order valence-corrected chi connectivity index (χ4v) is 4.68. The van der Waals surface area contributed by atoms with Gasteiger partial charge >= 0.3 is 12.1 Å². The highest BCUT2D eigenvalue weighted by atomic mass is 16.5. The maximum atomic E-state index is 12.9. The number of rotatable bonds is 6. The van der Waals surface area contributed by atoms with Crippen LogP contribution >= 0.6 is 0 Å². The molecule has 1 aliphatic carbocycles. The van der Waals surface area contributed by atoms with Crippen molar-refractivity contribution >= 4 is 18.0 Å². The second kappa shape index (κ2) is 8.65. The van der Waals surface area contributed by atoms with Gasteiger partial charge in [0.05, 0.1) is 6.42 Å². The van der Waals surface area contributed by atoms with Crippen LogP contribution in [0.15, 0.2) is 48.5 Å². The normalized spacial score (nSPS) is 17.4. The van der Waals surface area contributed by atoms with Gasteiger partial charge in [-0.15, -0.1) is 0 Å². The molecule has 32 heavy (non-hydrogen) atoms. The van der Waals surface area contributed by atoms with Crippen LogP contribution in [0, 0.1) is 5.41 Å². The molecule has 2 aliphatic rings. The van der Waals surface area contributed by atoms with Crippen LogP contribution in [0.1, 0.15) is 43.7 Å². The molecule has 1 atom stereocenters. The van der Waals surface area contributed by atoms with E-state index in [9.17, 15) is 19.5 Å². The number of fused-ring (bicyclic) bond motifs is 3. The summed E-state index contributed by atoms with van der Waals surface area (Å²) in [6.07, 6.45) is -0.436. The molecule has 0 spiro atoms. The lowest BCUT2D eigenvalue weighted by Crippen LogP contribution is -2.49. The van der Waals surface area contributed by atoms with E-state index in [4.69, 9.17) is 4.74 Å². The first-order chi connectivity index (χ1) is 15.2. The van der Waals surface area contributed by atoms with Crippen molar-refractivity contribution in [3.8, 4) is 11.1 Å². The molecule has 0 radical (unpaired) electrons. The number of ether oxygens (including phenoxy) is 1. The van der Waals surface area contributed by atoms with Crippen LogP contribution in [0.25, 0.3) is 11.1 Å². The van der Waals surface area contributed by atoms with Gasteiger partial charge in [0.15, 0.2) is 0 Å². The van der Waals surface area contributed by atoms with E-state index in [0.29, 0.717) is 13.1 Å². The Morgan fingerprint density at radius 2 is 1.69 bits per heavy atom. The summed E-state index contributed by atoms with van der Waals surface area (Å²) in [4.78, 5) is 38.4. The number of amides is 2. The fourth-order valence-electron chi connectivity index (χ4n) is 4.68. The Kier molecular flexibility index (Phi) is 5.91. The molecule has 1 aliphatic heterocycles. The number of hydrogen-bond donors (Lipinski definition) is 2. The number of carbonyl (C=O) groups is 3. The summed E-state index contributed by atoms with van der Waals surface area (Å²) in [7, 11) is 0. The molecule has 2 amide bonds. The molecule has 0 saturated carbocycles. The maximum absolute atomic E-state index is 12.9. The largest absolute Gasteiger partial charge is 0.481 e. The van der Waals surface area contributed by atoms with Crippen LogP contribution in [0.4, 0.5) is 4.79 Å². The van der Waals surface area contributed by atoms with E-state index in [0.717, 1.165) is 28.7 Å². The topological polar surface area (TPSA) is 95.9 Å². The third-order valence-corrected chi connectivity index (χ3v) is 6.30. The summed E-state index contributed by atoms with van der Waals surface area (Å²) in [5, 5.41) is 11.7. The third-order valence-electron chi connectivity index (χ3n) is 6.30. The highest BCUT2D eigenvalue weighted by molar-refractivity contribution is 5.89. The smallest absolute Gasteiger partial charge is 0.407 e. The molecule has 0 aromatic heterocycles. The summed E-state index contributed by atoms with van der Waals surface area (Å²) in [5.74, 6) is -1.65. The first kappa shape index (κ1) is 21.9. The first-order valence-corrected chi connectivity index (χ1v) is 10.9. The van der Waals surface area contributed by atoms with E-state index in [2.05, 4.69) is 19.2 Å². The van der Waals surface area contributed by atoms with Gasteiger partial charge in [0.25, 0.3) is 0 Å². The average molecular weight is 437 g/mol. The van der Waals surface area contributed by atoms with E-state index in [1.807, 2.05) is 48.5 Å². The number of nitrogens with zero attached hydrogens (tertiary/aromatic N) is 1. The van der Waals surface area contributed by atoms with E-state index in [-0.39, 0.29) is 23.8 Å². The van der Waals surface area contributed by atoms with Crippen LogP contribution in [0.5, 0.6) is 0 Å². The van der Waals surface area contributed by atoms with Crippen molar-refractivity contribution in [3.63, 3.8) is 0 Å². The molecular formula is C25H28N2O5. The lowest BCUT2D eigenvalue weighted by molar-refractivity contribution is -0.142. The van der Waals surface area contributed by atoms with Crippen molar-refractivity contribution in [1.29, 1.82) is 0 Å². The van der Waals surface area contributed by atoms with Gasteiger partial charge in [-0.3, -0.25) is 9.59 Å². The minimum atomic E-state index is -1.16. The summed E-state index contributed by atoms with van der Waals surface area (Å²) in [5.41, 5.74) is 4.38. The number of hydrogen-bond acceptors (Lipinski definition) is 4. The predicted molar refractivity (Wildman–Crippen MR) is 119 cm³/mol. The second-order valence-corrected chi connectivity index (χ2v) is 9.29. The third kappa shape index (κ3) is 4.47. The number of aliphatic carboxylic acids is 1. The van der Waals surface area contributed by atoms with Crippen molar-refractivity contribution in [2.45, 2.75) is 38.6 Å². The Morgan fingerprint density at radius 3 is 2.22 bits per heavy atom. The highest BCUT2D eigenvalue weighted by Crippen LogP contribution is 2.44. The molecule has 4 rings (SSSR count). The molecule has 7 nitrogen and oxygen atoms in total. The molecule has 1 unspecified atom stereocenters. The van der Waals surface area contributed by atoms with Crippen LogP contribution in [0.2, 0.25) is 0 Å². The molecule has 1 fully saturated rings. The summed E-state index contributed by atoms with van der Waals surface area (Å²) < 4.78 is 5.49. The first-order valence-electron chi connectivity index (χ1n) is 10.9. The minimum absolute atomic E-state index is 0.0206. The number of carboxylic acids is 1. The van der Waals surface area contributed by atoms with Gasteiger partial charge in [-0.2, -0.15) is 0 Å². The number of carboxylic acid groups (broad SMARTS) is 1. The van der Waals surface area contributed by atoms with Crippen molar-refractivity contribution in [1.82, 2.24) is 10.2 Å². The van der Waals surface area contributed by atoms with Gasteiger partial charge < -0.3 is 20.1 Å². The number of carbonyl (C=O) groups excluding carboxylic acids is 2. The zero-order valence-electron chi connectivity index (χ0n) is 18.3. The van der Waals surface area contributed by atoms with Gasteiger partial charge in [-0.25, -0.2) is 4.79 Å². The lowest BCUT2D eigenvalue weighted by Gasteiger charge is -2.25. The number of benzene rings is 2.